The van der Waals surface area contributed by atoms with Crippen LogP contribution in [0.25, 0.3) is 11.0 Å². The molecule has 0 radical (unpaired) electrons. The standard InChI is InChI=1S/C29H23ClN2O4/c1-35-19-6-4-5-16(11-19)17-12-24-27(25(33)13-17)28(32-23-8-3-2-7-22(23)31-24)21-15-36-26-10-9-18(30)14-20(26)29(21)34/h2-11,14-15,17,28,31-32H,12-13H2,1H3. The van der Waals surface area contributed by atoms with Crippen molar-refractivity contribution in [1.29, 1.82) is 0 Å². The minimum Gasteiger partial charge on any atom is -0.497 e. The molecule has 1 aromatic heterocycles. The zero-order valence-corrected chi connectivity index (χ0v) is 20.3. The second kappa shape index (κ2) is 8.88. The molecule has 0 saturated carbocycles. The van der Waals surface area contributed by atoms with Crippen molar-refractivity contribution in [3.05, 3.63) is 111 Å². The van der Waals surface area contributed by atoms with Gasteiger partial charge in [-0.25, -0.2) is 0 Å². The molecule has 6 nitrogen and oxygen atoms in total. The van der Waals surface area contributed by atoms with Crippen LogP contribution < -0.4 is 20.8 Å². The Morgan fingerprint density at radius 3 is 2.64 bits per heavy atom. The quantitative estimate of drug-likeness (QED) is 0.338. The van der Waals surface area contributed by atoms with Gasteiger partial charge >= 0.3 is 0 Å². The maximum atomic E-state index is 13.8. The van der Waals surface area contributed by atoms with Crippen molar-refractivity contribution >= 4 is 39.7 Å². The number of carbonyl (C=O) groups is 1. The van der Waals surface area contributed by atoms with E-state index in [2.05, 4.69) is 10.6 Å². The van der Waals surface area contributed by atoms with Crippen LogP contribution in [0.5, 0.6) is 5.75 Å². The van der Waals surface area contributed by atoms with Crippen LogP contribution in [0, 0.1) is 0 Å². The van der Waals surface area contributed by atoms with Crippen molar-refractivity contribution < 1.29 is 13.9 Å². The van der Waals surface area contributed by atoms with Crippen molar-refractivity contribution in [3.63, 3.8) is 0 Å². The largest absolute Gasteiger partial charge is 0.497 e. The minimum absolute atomic E-state index is 0.0171. The molecule has 1 aliphatic heterocycles. The summed E-state index contributed by atoms with van der Waals surface area (Å²) in [5, 5.41) is 7.77. The summed E-state index contributed by atoms with van der Waals surface area (Å²) in [6, 6.07) is 19.9. The summed E-state index contributed by atoms with van der Waals surface area (Å²) in [6.45, 7) is 0. The summed E-state index contributed by atoms with van der Waals surface area (Å²) < 4.78 is 11.2. The highest BCUT2D eigenvalue weighted by molar-refractivity contribution is 6.31. The number of anilines is 2. The van der Waals surface area contributed by atoms with Crippen LogP contribution in [0.15, 0.2) is 93.5 Å². The summed E-state index contributed by atoms with van der Waals surface area (Å²) in [5.74, 6) is 0.718. The zero-order valence-electron chi connectivity index (χ0n) is 19.5. The van der Waals surface area contributed by atoms with E-state index in [0.29, 0.717) is 40.0 Å². The van der Waals surface area contributed by atoms with E-state index < -0.39 is 6.04 Å². The fourth-order valence-corrected chi connectivity index (χ4v) is 5.35. The van der Waals surface area contributed by atoms with E-state index in [4.69, 9.17) is 20.8 Å². The molecule has 0 fully saturated rings. The summed E-state index contributed by atoms with van der Waals surface area (Å²) in [5.41, 5.74) is 4.63. The van der Waals surface area contributed by atoms with Gasteiger partial charge in [0.2, 0.25) is 0 Å². The van der Waals surface area contributed by atoms with Crippen molar-refractivity contribution in [2.45, 2.75) is 24.8 Å². The van der Waals surface area contributed by atoms with Gasteiger partial charge in [0.15, 0.2) is 11.2 Å². The maximum absolute atomic E-state index is 13.8. The molecule has 1 aliphatic carbocycles. The fraction of sp³-hybridized carbons (Fsp3) is 0.172. The van der Waals surface area contributed by atoms with Crippen LogP contribution in [0.3, 0.4) is 0 Å². The number of benzene rings is 3. The number of rotatable bonds is 3. The Balaban J connectivity index is 1.50. The van der Waals surface area contributed by atoms with E-state index >= 15 is 0 Å². The zero-order chi connectivity index (χ0) is 24.8. The Hall–Kier alpha value is -4.03. The third-order valence-corrected chi connectivity index (χ3v) is 7.18. The average molecular weight is 499 g/mol. The molecule has 0 spiro atoms. The van der Waals surface area contributed by atoms with Crippen molar-refractivity contribution in [3.8, 4) is 5.75 Å². The number of allylic oxidation sites excluding steroid dienone is 1. The smallest absolute Gasteiger partial charge is 0.198 e. The lowest BCUT2D eigenvalue weighted by molar-refractivity contribution is -0.116. The van der Waals surface area contributed by atoms with Gasteiger partial charge in [0.25, 0.3) is 0 Å². The molecule has 2 heterocycles. The number of carbonyl (C=O) groups excluding carboxylic acids is 1. The Kier molecular flexibility index (Phi) is 5.53. The topological polar surface area (TPSA) is 80.6 Å². The molecule has 0 bridgehead atoms. The van der Waals surface area contributed by atoms with Gasteiger partial charge in [0, 0.05) is 22.7 Å². The first kappa shape index (κ1) is 22.4. The molecular formula is C29H23ClN2O4. The van der Waals surface area contributed by atoms with Gasteiger partial charge < -0.3 is 19.8 Å². The first-order chi connectivity index (χ1) is 17.5. The number of fused-ring (bicyclic) bond motifs is 2. The number of halogens is 1. The van der Waals surface area contributed by atoms with E-state index in [1.807, 2.05) is 48.5 Å². The lowest BCUT2D eigenvalue weighted by atomic mass is 9.78. The normalized spacial score (nSPS) is 19.1. The van der Waals surface area contributed by atoms with E-state index in [0.717, 1.165) is 28.4 Å². The van der Waals surface area contributed by atoms with Crippen LogP contribution >= 0.6 is 11.6 Å². The average Bonchev–Trinajstić information content (AvgIpc) is 3.06. The van der Waals surface area contributed by atoms with E-state index in [1.54, 1.807) is 25.3 Å². The number of hydrogen-bond acceptors (Lipinski definition) is 6. The molecule has 180 valence electrons. The summed E-state index contributed by atoms with van der Waals surface area (Å²) in [4.78, 5) is 27.4. The highest BCUT2D eigenvalue weighted by atomic mass is 35.5. The van der Waals surface area contributed by atoms with Gasteiger partial charge in [0.05, 0.1) is 35.5 Å². The van der Waals surface area contributed by atoms with Gasteiger partial charge in [-0.05, 0) is 60.4 Å². The first-order valence-corrected chi connectivity index (χ1v) is 12.1. The fourth-order valence-electron chi connectivity index (χ4n) is 5.17. The van der Waals surface area contributed by atoms with E-state index in [1.165, 1.54) is 6.26 Å². The summed E-state index contributed by atoms with van der Waals surface area (Å²) in [6.07, 6.45) is 2.40. The van der Waals surface area contributed by atoms with Gasteiger partial charge in [0.1, 0.15) is 17.6 Å². The summed E-state index contributed by atoms with van der Waals surface area (Å²) >= 11 is 6.17. The predicted molar refractivity (Wildman–Crippen MR) is 141 cm³/mol. The van der Waals surface area contributed by atoms with Crippen molar-refractivity contribution in [2.75, 3.05) is 17.7 Å². The lowest BCUT2D eigenvalue weighted by Crippen LogP contribution is -2.29. The van der Waals surface area contributed by atoms with Crippen LogP contribution in [0.4, 0.5) is 11.4 Å². The molecular weight excluding hydrogens is 476 g/mol. The number of methoxy groups -OCH3 is 1. The van der Waals surface area contributed by atoms with E-state index in [9.17, 15) is 9.59 Å². The molecule has 36 heavy (non-hydrogen) atoms. The summed E-state index contributed by atoms with van der Waals surface area (Å²) in [7, 11) is 1.63. The number of Topliss-reactive ketones (excluding diaryl/α,β-unsaturated/α-hetero) is 1. The molecule has 4 aromatic rings. The number of hydrogen-bond donors (Lipinski definition) is 2. The van der Waals surface area contributed by atoms with Gasteiger partial charge in [-0.2, -0.15) is 0 Å². The highest BCUT2D eigenvalue weighted by Gasteiger charge is 2.37. The predicted octanol–water partition coefficient (Wildman–Crippen LogP) is 6.43. The first-order valence-electron chi connectivity index (χ1n) is 11.8. The number of ketones is 1. The van der Waals surface area contributed by atoms with Gasteiger partial charge in [-0.3, -0.25) is 9.59 Å². The van der Waals surface area contributed by atoms with Crippen molar-refractivity contribution in [2.24, 2.45) is 0 Å². The molecule has 2 unspecified atom stereocenters. The molecule has 6 rings (SSSR count). The molecule has 3 aromatic carbocycles. The molecule has 0 amide bonds. The van der Waals surface area contributed by atoms with Crippen LogP contribution in [0.1, 0.15) is 35.9 Å². The van der Waals surface area contributed by atoms with Gasteiger partial charge in [-0.1, -0.05) is 35.9 Å². The number of para-hydroxylation sites is 2. The molecule has 2 aliphatic rings. The maximum Gasteiger partial charge on any atom is 0.198 e. The van der Waals surface area contributed by atoms with Gasteiger partial charge in [-0.15, -0.1) is 0 Å². The number of nitrogens with one attached hydrogen (secondary N) is 2. The molecule has 2 N–H and O–H groups in total. The van der Waals surface area contributed by atoms with Crippen LogP contribution in [-0.2, 0) is 4.79 Å². The van der Waals surface area contributed by atoms with Crippen molar-refractivity contribution in [1.82, 2.24) is 0 Å². The highest BCUT2D eigenvalue weighted by Crippen LogP contribution is 2.44. The monoisotopic (exact) mass is 498 g/mol. The third kappa shape index (κ3) is 3.84. The molecule has 0 saturated heterocycles. The Morgan fingerprint density at radius 1 is 0.972 bits per heavy atom. The Bertz CT molecular complexity index is 1610. The van der Waals surface area contributed by atoms with E-state index in [-0.39, 0.29) is 17.1 Å². The second-order valence-electron chi connectivity index (χ2n) is 9.11. The molecule has 2 atom stereocenters. The SMILES string of the molecule is COc1cccc(C2CC(=O)C3=C(C2)Nc2ccccc2NC3c2coc3ccc(Cl)cc3c2=O)c1. The third-order valence-electron chi connectivity index (χ3n) is 6.95. The van der Waals surface area contributed by atoms with Crippen LogP contribution in [0.2, 0.25) is 5.02 Å². The second-order valence-corrected chi connectivity index (χ2v) is 9.54. The Morgan fingerprint density at radius 2 is 1.81 bits per heavy atom. The Labute approximate surface area is 212 Å². The lowest BCUT2D eigenvalue weighted by Gasteiger charge is -2.29. The molecule has 7 heteroatoms. The minimum atomic E-state index is -0.672. The number of ether oxygens (including phenoxy) is 1. The van der Waals surface area contributed by atoms with Crippen LogP contribution in [-0.4, -0.2) is 12.9 Å².